The molecule has 7 heteroatoms. The largest absolute Gasteiger partial charge is 0.384 e. The average Bonchev–Trinajstić information content (AvgIpc) is 2.99. The van der Waals surface area contributed by atoms with Gasteiger partial charge in [0.25, 0.3) is 11.6 Å². The molecule has 22 heavy (non-hydrogen) atoms. The third-order valence-corrected chi connectivity index (χ3v) is 4.08. The van der Waals surface area contributed by atoms with Crippen LogP contribution >= 0.6 is 11.3 Å². The summed E-state index contributed by atoms with van der Waals surface area (Å²) in [6.45, 7) is 3.32. The van der Waals surface area contributed by atoms with Crippen LogP contribution in [0.5, 0.6) is 0 Å². The van der Waals surface area contributed by atoms with Crippen molar-refractivity contribution in [1.82, 2.24) is 5.32 Å². The summed E-state index contributed by atoms with van der Waals surface area (Å²) in [7, 11) is 0. The van der Waals surface area contributed by atoms with Gasteiger partial charge in [0, 0.05) is 17.7 Å². The van der Waals surface area contributed by atoms with Crippen LogP contribution in [-0.4, -0.2) is 22.5 Å². The van der Waals surface area contributed by atoms with E-state index in [-0.39, 0.29) is 18.1 Å². The lowest BCUT2D eigenvalue weighted by Gasteiger charge is -2.23. The number of nitro benzene ring substituents is 1. The van der Waals surface area contributed by atoms with Gasteiger partial charge in [-0.1, -0.05) is 0 Å². The van der Waals surface area contributed by atoms with E-state index in [1.807, 2.05) is 10.8 Å². The van der Waals surface area contributed by atoms with Crippen molar-refractivity contribution in [2.75, 3.05) is 6.54 Å². The van der Waals surface area contributed by atoms with Crippen molar-refractivity contribution in [1.29, 1.82) is 0 Å². The van der Waals surface area contributed by atoms with Crippen LogP contribution in [0.2, 0.25) is 0 Å². The summed E-state index contributed by atoms with van der Waals surface area (Å²) in [5.74, 6) is -0.372. The Kier molecular flexibility index (Phi) is 4.58. The third-order valence-electron chi connectivity index (χ3n) is 3.40. The topological polar surface area (TPSA) is 92.5 Å². The smallest absolute Gasteiger partial charge is 0.269 e. The van der Waals surface area contributed by atoms with Crippen LogP contribution in [0.3, 0.4) is 0 Å². The van der Waals surface area contributed by atoms with Crippen molar-refractivity contribution < 1.29 is 14.8 Å². The quantitative estimate of drug-likeness (QED) is 0.654. The highest BCUT2D eigenvalue weighted by Gasteiger charge is 2.25. The molecule has 0 aliphatic rings. The van der Waals surface area contributed by atoms with Gasteiger partial charge in [-0.2, -0.15) is 11.3 Å². The summed E-state index contributed by atoms with van der Waals surface area (Å²) >= 11 is 1.47. The van der Waals surface area contributed by atoms with Gasteiger partial charge in [-0.05, 0) is 47.9 Å². The standard InChI is InChI=1S/C15H16N2O4S/c1-10-7-12(17(20)21)3-4-13(10)14(18)16-9-15(2,19)11-5-6-22-8-11/h3-8,19H,9H2,1-2H3,(H,16,18). The third kappa shape index (κ3) is 3.49. The number of nitrogens with one attached hydrogen (secondary N) is 1. The van der Waals surface area contributed by atoms with E-state index in [1.54, 1.807) is 19.9 Å². The zero-order valence-corrected chi connectivity index (χ0v) is 13.0. The van der Waals surface area contributed by atoms with Gasteiger partial charge < -0.3 is 10.4 Å². The molecule has 2 rings (SSSR count). The van der Waals surface area contributed by atoms with Crippen LogP contribution in [0.25, 0.3) is 0 Å². The number of amides is 1. The molecule has 2 N–H and O–H groups in total. The van der Waals surface area contributed by atoms with Crippen LogP contribution in [0.15, 0.2) is 35.0 Å². The number of carbonyl (C=O) groups excluding carboxylic acids is 1. The molecule has 1 aromatic heterocycles. The van der Waals surface area contributed by atoms with Gasteiger partial charge in [0.2, 0.25) is 0 Å². The number of thiophene rings is 1. The Bertz CT molecular complexity index is 696. The van der Waals surface area contributed by atoms with Crippen molar-refractivity contribution in [2.45, 2.75) is 19.4 Å². The van der Waals surface area contributed by atoms with Gasteiger partial charge in [0.1, 0.15) is 5.60 Å². The summed E-state index contributed by atoms with van der Waals surface area (Å²) in [5.41, 5.74) is 0.385. The Hall–Kier alpha value is -2.25. The lowest BCUT2D eigenvalue weighted by atomic mass is 9.99. The number of aliphatic hydroxyl groups is 1. The predicted octanol–water partition coefficient (Wildman–Crippen LogP) is 2.60. The highest BCUT2D eigenvalue weighted by Crippen LogP contribution is 2.22. The molecule has 0 bridgehead atoms. The van der Waals surface area contributed by atoms with Gasteiger partial charge in [-0.25, -0.2) is 0 Å². The molecule has 1 atom stereocenters. The molecule has 6 nitrogen and oxygen atoms in total. The number of hydrogen-bond acceptors (Lipinski definition) is 5. The molecule has 0 saturated heterocycles. The highest BCUT2D eigenvalue weighted by molar-refractivity contribution is 7.08. The van der Waals surface area contributed by atoms with Crippen LogP contribution in [-0.2, 0) is 5.60 Å². The highest BCUT2D eigenvalue weighted by atomic mass is 32.1. The maximum Gasteiger partial charge on any atom is 0.269 e. The number of aryl methyl sites for hydroxylation is 1. The number of hydrogen-bond donors (Lipinski definition) is 2. The first-order valence-corrected chi connectivity index (χ1v) is 7.54. The van der Waals surface area contributed by atoms with E-state index in [0.717, 1.165) is 5.56 Å². The Balaban J connectivity index is 2.08. The zero-order valence-electron chi connectivity index (χ0n) is 12.2. The first-order chi connectivity index (χ1) is 10.3. The molecule has 2 aromatic rings. The second kappa shape index (κ2) is 6.25. The van der Waals surface area contributed by atoms with Crippen molar-refractivity contribution in [3.63, 3.8) is 0 Å². The predicted molar refractivity (Wildman–Crippen MR) is 84.1 cm³/mol. The molecule has 0 fully saturated rings. The summed E-state index contributed by atoms with van der Waals surface area (Å²) < 4.78 is 0. The monoisotopic (exact) mass is 320 g/mol. The van der Waals surface area contributed by atoms with E-state index in [4.69, 9.17) is 0 Å². The Morgan fingerprint density at radius 3 is 2.73 bits per heavy atom. The van der Waals surface area contributed by atoms with Crippen LogP contribution in [0.4, 0.5) is 5.69 Å². The lowest BCUT2D eigenvalue weighted by Crippen LogP contribution is -2.38. The lowest BCUT2D eigenvalue weighted by molar-refractivity contribution is -0.384. The van der Waals surface area contributed by atoms with E-state index in [1.165, 1.54) is 29.5 Å². The molecule has 1 aromatic carbocycles. The molecule has 116 valence electrons. The molecule has 1 unspecified atom stereocenters. The summed E-state index contributed by atoms with van der Waals surface area (Å²) in [6, 6.07) is 5.86. The number of nitrogens with zero attached hydrogens (tertiary/aromatic N) is 1. The first kappa shape index (κ1) is 16.1. The average molecular weight is 320 g/mol. The molecule has 1 amide bonds. The Morgan fingerprint density at radius 1 is 1.45 bits per heavy atom. The second-order valence-electron chi connectivity index (χ2n) is 5.22. The zero-order chi connectivity index (χ0) is 16.3. The second-order valence-corrected chi connectivity index (χ2v) is 6.00. The van der Waals surface area contributed by atoms with E-state index in [2.05, 4.69) is 5.32 Å². The SMILES string of the molecule is Cc1cc([N+](=O)[O-])ccc1C(=O)NCC(C)(O)c1ccsc1. The van der Waals surface area contributed by atoms with Gasteiger partial charge in [-0.3, -0.25) is 14.9 Å². The van der Waals surface area contributed by atoms with E-state index in [0.29, 0.717) is 11.1 Å². The molecular weight excluding hydrogens is 304 g/mol. The van der Waals surface area contributed by atoms with Gasteiger partial charge in [0.15, 0.2) is 0 Å². The van der Waals surface area contributed by atoms with Crippen molar-refractivity contribution in [3.8, 4) is 0 Å². The van der Waals surface area contributed by atoms with Crippen molar-refractivity contribution in [2.24, 2.45) is 0 Å². The summed E-state index contributed by atoms with van der Waals surface area (Å²) in [5, 5.41) is 27.4. The fraction of sp³-hybridized carbons (Fsp3) is 0.267. The van der Waals surface area contributed by atoms with Crippen molar-refractivity contribution >= 4 is 22.9 Å². The molecular formula is C15H16N2O4S. The fourth-order valence-corrected chi connectivity index (χ4v) is 2.82. The Morgan fingerprint density at radius 2 is 2.18 bits per heavy atom. The number of carbonyl (C=O) groups is 1. The van der Waals surface area contributed by atoms with E-state index < -0.39 is 10.5 Å². The molecule has 0 aliphatic carbocycles. The minimum Gasteiger partial charge on any atom is -0.384 e. The maximum atomic E-state index is 12.2. The van der Waals surface area contributed by atoms with Crippen LogP contribution < -0.4 is 5.32 Å². The molecule has 1 heterocycles. The van der Waals surface area contributed by atoms with Gasteiger partial charge >= 0.3 is 0 Å². The maximum absolute atomic E-state index is 12.2. The first-order valence-electron chi connectivity index (χ1n) is 6.59. The van der Waals surface area contributed by atoms with E-state index >= 15 is 0 Å². The molecule has 0 radical (unpaired) electrons. The fourth-order valence-electron chi connectivity index (χ4n) is 2.04. The van der Waals surface area contributed by atoms with Crippen LogP contribution in [0, 0.1) is 17.0 Å². The van der Waals surface area contributed by atoms with Crippen molar-refractivity contribution in [3.05, 3.63) is 61.8 Å². The van der Waals surface area contributed by atoms with E-state index in [9.17, 15) is 20.0 Å². The van der Waals surface area contributed by atoms with Gasteiger partial charge in [0.05, 0.1) is 11.5 Å². The number of benzene rings is 1. The summed E-state index contributed by atoms with van der Waals surface area (Å²) in [4.78, 5) is 22.4. The Labute approximate surface area is 131 Å². The minimum absolute atomic E-state index is 0.0546. The summed E-state index contributed by atoms with van der Waals surface area (Å²) in [6.07, 6.45) is 0. The number of nitro groups is 1. The van der Waals surface area contributed by atoms with Crippen LogP contribution in [0.1, 0.15) is 28.4 Å². The molecule has 0 aliphatic heterocycles. The van der Waals surface area contributed by atoms with Gasteiger partial charge in [-0.15, -0.1) is 0 Å². The normalized spacial score (nSPS) is 13.4. The number of rotatable bonds is 5. The number of non-ortho nitro benzene ring substituents is 1. The molecule has 0 saturated carbocycles. The molecule has 0 spiro atoms. The minimum atomic E-state index is -1.16.